The summed E-state index contributed by atoms with van der Waals surface area (Å²) in [5.41, 5.74) is 4.99. The zero-order chi connectivity index (χ0) is 27.8. The molecule has 1 aromatic carbocycles. The van der Waals surface area contributed by atoms with Gasteiger partial charge in [-0.1, -0.05) is 0 Å². The van der Waals surface area contributed by atoms with Gasteiger partial charge in [0.1, 0.15) is 5.82 Å². The Bertz CT molecular complexity index is 1220. The van der Waals surface area contributed by atoms with Crippen molar-refractivity contribution in [3.63, 3.8) is 0 Å². The largest absolute Gasteiger partial charge is 0.455 e. The molecule has 0 spiro atoms. The Morgan fingerprint density at radius 3 is 2.18 bits per heavy atom. The number of Topliss-reactive ketones (excluding diaryl/α,β-unsaturated/α-hetero) is 1. The number of rotatable bonds is 8. The van der Waals surface area contributed by atoms with Gasteiger partial charge in [-0.3, -0.25) is 14.4 Å². The maximum Gasteiger partial charge on any atom is 0.455 e. The first kappa shape index (κ1) is 27.3. The first-order chi connectivity index (χ1) is 17.8. The minimum absolute atomic E-state index is 0.0240. The van der Waals surface area contributed by atoms with Crippen LogP contribution in [0.1, 0.15) is 63.7 Å². The number of piperidine rings is 1. The van der Waals surface area contributed by atoms with Crippen LogP contribution in [0.15, 0.2) is 36.5 Å². The fourth-order valence-corrected chi connectivity index (χ4v) is 5.04. The van der Waals surface area contributed by atoms with E-state index in [-0.39, 0.29) is 35.0 Å². The molecular formula is C25H26F5N5O3. The van der Waals surface area contributed by atoms with E-state index in [9.17, 15) is 36.3 Å². The molecule has 0 saturated carbocycles. The van der Waals surface area contributed by atoms with E-state index in [1.807, 2.05) is 5.32 Å². The number of amides is 2. The highest BCUT2D eigenvalue weighted by molar-refractivity contribution is 6.02. The minimum Gasteiger partial charge on any atom is -0.378 e. The van der Waals surface area contributed by atoms with E-state index in [4.69, 9.17) is 5.73 Å². The normalized spacial score (nSPS) is 21.2. The van der Waals surface area contributed by atoms with Gasteiger partial charge in [-0.05, 0) is 62.9 Å². The summed E-state index contributed by atoms with van der Waals surface area (Å²) in [6.45, 7) is -0.363. The highest BCUT2D eigenvalue weighted by Crippen LogP contribution is 2.39. The number of hydrogen-bond acceptors (Lipinski definition) is 6. The second-order valence-corrected chi connectivity index (χ2v) is 9.58. The Hall–Kier alpha value is -3.77. The van der Waals surface area contributed by atoms with Gasteiger partial charge in [0.05, 0.1) is 12.1 Å². The maximum absolute atomic E-state index is 13.4. The lowest BCUT2D eigenvalue weighted by molar-refractivity contribution is -0.275. The third-order valence-electron chi connectivity index (χ3n) is 6.95. The van der Waals surface area contributed by atoms with Crippen molar-refractivity contribution >= 4 is 29.1 Å². The molecule has 2 fully saturated rings. The number of primary amides is 1. The molecule has 1 aromatic heterocycles. The number of nitrogens with zero attached hydrogens (tertiary/aromatic N) is 2. The zero-order valence-corrected chi connectivity index (χ0v) is 20.3. The lowest BCUT2D eigenvalue weighted by Gasteiger charge is -2.40. The summed E-state index contributed by atoms with van der Waals surface area (Å²) in [6, 6.07) is 6.92. The summed E-state index contributed by atoms with van der Waals surface area (Å²) in [5, 5.41) is 4.82. The molecule has 0 radical (unpaired) electrons. The number of aromatic nitrogens is 1. The van der Waals surface area contributed by atoms with Gasteiger partial charge in [-0.2, -0.15) is 22.0 Å². The van der Waals surface area contributed by atoms with Crippen molar-refractivity contribution in [2.24, 2.45) is 5.73 Å². The molecule has 2 amide bonds. The second kappa shape index (κ2) is 10.2. The number of nitrogens with two attached hydrogens (primary N) is 1. The van der Waals surface area contributed by atoms with Crippen molar-refractivity contribution < 1.29 is 36.3 Å². The number of anilines is 2. The second-order valence-electron chi connectivity index (χ2n) is 9.58. The lowest BCUT2D eigenvalue weighted by Crippen LogP contribution is -2.50. The van der Waals surface area contributed by atoms with Crippen molar-refractivity contribution in [3.8, 4) is 0 Å². The number of ketones is 1. The monoisotopic (exact) mass is 539 g/mol. The average molecular weight is 540 g/mol. The van der Waals surface area contributed by atoms with E-state index >= 15 is 0 Å². The van der Waals surface area contributed by atoms with E-state index in [1.54, 1.807) is 12.1 Å². The van der Waals surface area contributed by atoms with Crippen LogP contribution in [0.5, 0.6) is 0 Å². The number of pyridine rings is 1. The lowest BCUT2D eigenvalue weighted by atomic mass is 9.96. The van der Waals surface area contributed by atoms with Crippen molar-refractivity contribution in [1.29, 1.82) is 0 Å². The summed E-state index contributed by atoms with van der Waals surface area (Å²) in [5.74, 6) is -6.00. The van der Waals surface area contributed by atoms with E-state index < -0.39 is 36.1 Å². The van der Waals surface area contributed by atoms with Crippen LogP contribution in [0.2, 0.25) is 0 Å². The molecule has 4 rings (SSSR count). The van der Waals surface area contributed by atoms with Gasteiger partial charge >= 0.3 is 12.1 Å². The SMILES string of the molecule is CC(=O)c1ccc(N2[C@@H]3CC[C@H]2CC(NC(=O)c2ccc(C(N)=O)c(NCC(F)(F)C(F)(F)F)c2)C3)nc1. The number of hydrogen-bond donors (Lipinski definition) is 3. The molecular weight excluding hydrogens is 513 g/mol. The Morgan fingerprint density at radius 2 is 1.66 bits per heavy atom. The fourth-order valence-electron chi connectivity index (χ4n) is 5.04. The van der Waals surface area contributed by atoms with E-state index in [0.717, 1.165) is 30.8 Å². The molecule has 204 valence electrons. The number of benzene rings is 1. The molecule has 3 heterocycles. The molecule has 38 heavy (non-hydrogen) atoms. The van der Waals surface area contributed by atoms with Crippen LogP contribution < -0.4 is 21.3 Å². The molecule has 2 saturated heterocycles. The third kappa shape index (κ3) is 5.55. The summed E-state index contributed by atoms with van der Waals surface area (Å²) < 4.78 is 64.5. The van der Waals surface area contributed by atoms with Crippen molar-refractivity contribution in [3.05, 3.63) is 53.2 Å². The molecule has 2 aromatic rings. The van der Waals surface area contributed by atoms with Gasteiger partial charge in [-0.15, -0.1) is 0 Å². The molecule has 2 bridgehead atoms. The van der Waals surface area contributed by atoms with Crippen LogP contribution in [0.4, 0.5) is 33.5 Å². The van der Waals surface area contributed by atoms with Crippen LogP contribution in [0.25, 0.3) is 0 Å². The highest BCUT2D eigenvalue weighted by atomic mass is 19.4. The van der Waals surface area contributed by atoms with Gasteiger partial charge < -0.3 is 21.3 Å². The first-order valence-electron chi connectivity index (χ1n) is 12.0. The average Bonchev–Trinajstić information content (AvgIpc) is 3.11. The Kier molecular flexibility index (Phi) is 7.31. The van der Waals surface area contributed by atoms with Gasteiger partial charge in [-0.25, -0.2) is 4.98 Å². The number of alkyl halides is 5. The van der Waals surface area contributed by atoms with Crippen molar-refractivity contribution in [2.75, 3.05) is 16.8 Å². The van der Waals surface area contributed by atoms with Crippen LogP contribution in [-0.4, -0.2) is 59.4 Å². The molecule has 2 aliphatic rings. The predicted octanol–water partition coefficient (Wildman–Crippen LogP) is 3.92. The number of halogens is 5. The Labute approximate surface area is 214 Å². The van der Waals surface area contributed by atoms with Crippen LogP contribution >= 0.6 is 0 Å². The molecule has 4 N–H and O–H groups in total. The van der Waals surface area contributed by atoms with Crippen molar-refractivity contribution in [2.45, 2.75) is 62.8 Å². The maximum atomic E-state index is 13.4. The minimum atomic E-state index is -5.79. The van der Waals surface area contributed by atoms with Gasteiger partial charge in [0.25, 0.3) is 11.8 Å². The molecule has 0 aliphatic carbocycles. The molecule has 13 heteroatoms. The topological polar surface area (TPSA) is 117 Å². The van der Waals surface area contributed by atoms with Gasteiger partial charge in [0.2, 0.25) is 0 Å². The third-order valence-corrected chi connectivity index (χ3v) is 6.95. The summed E-state index contributed by atoms with van der Waals surface area (Å²) >= 11 is 0. The molecule has 8 nitrogen and oxygen atoms in total. The smallest absolute Gasteiger partial charge is 0.378 e. The number of carbonyl (C=O) groups excluding carboxylic acids is 3. The number of fused-ring (bicyclic) bond motifs is 2. The quantitative estimate of drug-likeness (QED) is 0.346. The van der Waals surface area contributed by atoms with Gasteiger partial charge in [0.15, 0.2) is 5.78 Å². The molecule has 3 atom stereocenters. The van der Waals surface area contributed by atoms with E-state index in [2.05, 4.69) is 15.2 Å². The Balaban J connectivity index is 1.44. The molecule has 2 aliphatic heterocycles. The Morgan fingerprint density at radius 1 is 1.03 bits per heavy atom. The first-order valence-corrected chi connectivity index (χ1v) is 12.0. The fraction of sp³-hybridized carbons (Fsp3) is 0.440. The van der Waals surface area contributed by atoms with E-state index in [1.165, 1.54) is 19.2 Å². The van der Waals surface area contributed by atoms with Crippen LogP contribution in [0.3, 0.4) is 0 Å². The predicted molar refractivity (Wildman–Crippen MR) is 128 cm³/mol. The summed E-state index contributed by atoms with van der Waals surface area (Å²) in [6.07, 6.45) is -1.25. The summed E-state index contributed by atoms with van der Waals surface area (Å²) in [7, 11) is 0. The highest BCUT2D eigenvalue weighted by Gasteiger charge is 2.57. The van der Waals surface area contributed by atoms with Crippen LogP contribution in [0, 0.1) is 0 Å². The van der Waals surface area contributed by atoms with Crippen molar-refractivity contribution in [1.82, 2.24) is 10.3 Å². The molecule has 1 unspecified atom stereocenters. The summed E-state index contributed by atoms with van der Waals surface area (Å²) in [4.78, 5) is 42.8. The van der Waals surface area contributed by atoms with E-state index in [0.29, 0.717) is 18.4 Å². The zero-order valence-electron chi connectivity index (χ0n) is 20.3. The number of nitrogens with one attached hydrogen (secondary N) is 2. The van der Waals surface area contributed by atoms with Crippen LogP contribution in [-0.2, 0) is 0 Å². The van der Waals surface area contributed by atoms with Gasteiger partial charge in [0, 0.05) is 41.1 Å². The number of carbonyl (C=O) groups is 3. The standard InChI is InChI=1S/C25H26F5N5O3/c1-13(36)15-3-7-21(32-11-15)35-17-4-5-18(35)10-16(9-17)34-23(38)14-2-6-19(22(31)37)20(8-14)33-12-24(26,27)25(28,29)30/h2-3,6-8,11,16-18,33H,4-5,9-10,12H2,1H3,(H2,31,37)(H,34,38)/t16?,17-,18+.